The molecule has 2 N–H and O–H groups in total. The van der Waals surface area contributed by atoms with Crippen LogP contribution in [0, 0.1) is 6.92 Å². The van der Waals surface area contributed by atoms with Crippen molar-refractivity contribution in [1.29, 1.82) is 0 Å². The standard InChI is InChI=1S/C11H16O3/c1-8-4-5-10(9(12)6-8)14-7-11(2,3)13/h4-6,12-13H,7H2,1-3H3. The van der Waals surface area contributed by atoms with Gasteiger partial charge in [-0.3, -0.25) is 0 Å². The lowest BCUT2D eigenvalue weighted by molar-refractivity contribution is 0.0276. The summed E-state index contributed by atoms with van der Waals surface area (Å²) in [6, 6.07) is 5.16. The molecule has 0 spiro atoms. The molecule has 0 aromatic heterocycles. The van der Waals surface area contributed by atoms with Crippen LogP contribution in [0.1, 0.15) is 19.4 Å². The molecule has 0 aliphatic heterocycles. The summed E-state index contributed by atoms with van der Waals surface area (Å²) in [6.45, 7) is 5.35. The van der Waals surface area contributed by atoms with Gasteiger partial charge < -0.3 is 14.9 Å². The predicted octanol–water partition coefficient (Wildman–Crippen LogP) is 1.85. The highest BCUT2D eigenvalue weighted by molar-refractivity contribution is 5.41. The fraction of sp³-hybridized carbons (Fsp3) is 0.455. The van der Waals surface area contributed by atoms with E-state index in [1.54, 1.807) is 26.0 Å². The highest BCUT2D eigenvalue weighted by Crippen LogP contribution is 2.26. The highest BCUT2D eigenvalue weighted by atomic mass is 16.5. The number of hydrogen-bond acceptors (Lipinski definition) is 3. The lowest BCUT2D eigenvalue weighted by atomic mass is 10.1. The van der Waals surface area contributed by atoms with Crippen LogP contribution in [0.25, 0.3) is 0 Å². The zero-order chi connectivity index (χ0) is 10.8. The molecule has 0 radical (unpaired) electrons. The van der Waals surface area contributed by atoms with Gasteiger partial charge in [0.1, 0.15) is 6.61 Å². The van der Waals surface area contributed by atoms with Crippen molar-refractivity contribution >= 4 is 0 Å². The van der Waals surface area contributed by atoms with E-state index in [2.05, 4.69) is 0 Å². The fourth-order valence-corrected chi connectivity index (χ4v) is 1.00. The molecule has 0 saturated carbocycles. The first-order chi connectivity index (χ1) is 6.38. The summed E-state index contributed by atoms with van der Waals surface area (Å²) in [5.41, 5.74) is 0.0789. The van der Waals surface area contributed by atoms with Crippen molar-refractivity contribution in [3.05, 3.63) is 23.8 Å². The predicted molar refractivity (Wildman–Crippen MR) is 54.6 cm³/mol. The Labute approximate surface area is 84.0 Å². The summed E-state index contributed by atoms with van der Waals surface area (Å²) < 4.78 is 5.26. The maximum atomic E-state index is 9.48. The minimum atomic E-state index is -0.892. The zero-order valence-corrected chi connectivity index (χ0v) is 8.74. The second-order valence-corrected chi connectivity index (χ2v) is 4.07. The van der Waals surface area contributed by atoms with Crippen molar-refractivity contribution < 1.29 is 14.9 Å². The van der Waals surface area contributed by atoms with Crippen LogP contribution in [0.5, 0.6) is 11.5 Å². The quantitative estimate of drug-likeness (QED) is 0.775. The van der Waals surface area contributed by atoms with E-state index in [0.717, 1.165) is 5.56 Å². The number of rotatable bonds is 3. The van der Waals surface area contributed by atoms with Crippen molar-refractivity contribution in [1.82, 2.24) is 0 Å². The Bertz CT molecular complexity index is 313. The van der Waals surface area contributed by atoms with E-state index < -0.39 is 5.60 Å². The summed E-state index contributed by atoms with van der Waals surface area (Å²) in [6.07, 6.45) is 0. The molecule has 1 rings (SSSR count). The van der Waals surface area contributed by atoms with E-state index in [-0.39, 0.29) is 12.4 Å². The van der Waals surface area contributed by atoms with Gasteiger partial charge in [0.2, 0.25) is 0 Å². The number of aromatic hydroxyl groups is 1. The summed E-state index contributed by atoms with van der Waals surface area (Å²) in [4.78, 5) is 0. The Morgan fingerprint density at radius 1 is 1.36 bits per heavy atom. The number of hydrogen-bond donors (Lipinski definition) is 2. The Balaban J connectivity index is 2.68. The first-order valence-corrected chi connectivity index (χ1v) is 4.53. The minimum absolute atomic E-state index is 0.106. The number of aryl methyl sites for hydroxylation is 1. The normalized spacial score (nSPS) is 11.4. The molecule has 1 aromatic carbocycles. The SMILES string of the molecule is Cc1ccc(OCC(C)(C)O)c(O)c1. The zero-order valence-electron chi connectivity index (χ0n) is 8.74. The van der Waals surface area contributed by atoms with Gasteiger partial charge >= 0.3 is 0 Å². The molecule has 0 aliphatic carbocycles. The molecule has 3 nitrogen and oxygen atoms in total. The molecule has 78 valence electrons. The van der Waals surface area contributed by atoms with Gasteiger partial charge in [-0.05, 0) is 38.5 Å². The molecule has 0 aliphatic rings. The highest BCUT2D eigenvalue weighted by Gasteiger charge is 2.14. The summed E-state index contributed by atoms with van der Waals surface area (Å²) in [5, 5.41) is 18.9. The molecule has 0 bridgehead atoms. The van der Waals surface area contributed by atoms with E-state index in [1.807, 2.05) is 13.0 Å². The maximum absolute atomic E-state index is 9.48. The summed E-state index contributed by atoms with van der Waals surface area (Å²) >= 11 is 0. The Hall–Kier alpha value is -1.22. The lowest BCUT2D eigenvalue weighted by Gasteiger charge is -2.18. The van der Waals surface area contributed by atoms with Crippen LogP contribution in [-0.2, 0) is 0 Å². The topological polar surface area (TPSA) is 49.7 Å². The van der Waals surface area contributed by atoms with Crippen molar-refractivity contribution in [3.8, 4) is 11.5 Å². The van der Waals surface area contributed by atoms with E-state index >= 15 is 0 Å². The van der Waals surface area contributed by atoms with E-state index in [9.17, 15) is 10.2 Å². The number of aliphatic hydroxyl groups is 1. The Morgan fingerprint density at radius 2 is 2.00 bits per heavy atom. The molecule has 0 saturated heterocycles. The van der Waals surface area contributed by atoms with Crippen molar-refractivity contribution in [2.24, 2.45) is 0 Å². The van der Waals surface area contributed by atoms with Gasteiger partial charge in [0.05, 0.1) is 5.60 Å². The molecule has 0 atom stereocenters. The third-order valence-corrected chi connectivity index (χ3v) is 1.70. The van der Waals surface area contributed by atoms with E-state index in [4.69, 9.17) is 4.74 Å². The lowest BCUT2D eigenvalue weighted by Crippen LogP contribution is -2.27. The van der Waals surface area contributed by atoms with Crippen molar-refractivity contribution in [3.63, 3.8) is 0 Å². The Morgan fingerprint density at radius 3 is 2.50 bits per heavy atom. The van der Waals surface area contributed by atoms with Gasteiger partial charge in [0.25, 0.3) is 0 Å². The molecular formula is C11H16O3. The van der Waals surface area contributed by atoms with Gasteiger partial charge in [-0.2, -0.15) is 0 Å². The van der Waals surface area contributed by atoms with Gasteiger partial charge in [-0.1, -0.05) is 6.07 Å². The second-order valence-electron chi connectivity index (χ2n) is 4.07. The van der Waals surface area contributed by atoms with Gasteiger partial charge in [-0.25, -0.2) is 0 Å². The number of ether oxygens (including phenoxy) is 1. The first kappa shape index (κ1) is 10.9. The molecule has 0 heterocycles. The van der Waals surface area contributed by atoms with Crippen LogP contribution in [0.15, 0.2) is 18.2 Å². The van der Waals surface area contributed by atoms with Gasteiger partial charge in [0, 0.05) is 0 Å². The van der Waals surface area contributed by atoms with Crippen LogP contribution in [0.3, 0.4) is 0 Å². The van der Waals surface area contributed by atoms with E-state index in [0.29, 0.717) is 5.75 Å². The number of benzene rings is 1. The van der Waals surface area contributed by atoms with Crippen LogP contribution in [-0.4, -0.2) is 22.4 Å². The minimum Gasteiger partial charge on any atom is -0.504 e. The van der Waals surface area contributed by atoms with Crippen LogP contribution in [0.4, 0.5) is 0 Å². The fourth-order valence-electron chi connectivity index (χ4n) is 1.00. The first-order valence-electron chi connectivity index (χ1n) is 4.53. The maximum Gasteiger partial charge on any atom is 0.161 e. The van der Waals surface area contributed by atoms with E-state index in [1.165, 1.54) is 0 Å². The monoisotopic (exact) mass is 196 g/mol. The molecule has 0 fully saturated rings. The second kappa shape index (κ2) is 3.88. The third-order valence-electron chi connectivity index (χ3n) is 1.70. The molecular weight excluding hydrogens is 180 g/mol. The summed E-state index contributed by atoms with van der Waals surface area (Å²) in [7, 11) is 0. The smallest absolute Gasteiger partial charge is 0.161 e. The average Bonchev–Trinajstić information content (AvgIpc) is 2.00. The van der Waals surface area contributed by atoms with Crippen LogP contribution < -0.4 is 4.74 Å². The average molecular weight is 196 g/mol. The van der Waals surface area contributed by atoms with Crippen LogP contribution in [0.2, 0.25) is 0 Å². The van der Waals surface area contributed by atoms with Crippen molar-refractivity contribution in [2.45, 2.75) is 26.4 Å². The van der Waals surface area contributed by atoms with Crippen molar-refractivity contribution in [2.75, 3.05) is 6.61 Å². The molecule has 14 heavy (non-hydrogen) atoms. The van der Waals surface area contributed by atoms with Gasteiger partial charge in [-0.15, -0.1) is 0 Å². The number of phenols is 1. The molecule has 3 heteroatoms. The third kappa shape index (κ3) is 3.26. The van der Waals surface area contributed by atoms with Gasteiger partial charge in [0.15, 0.2) is 11.5 Å². The largest absolute Gasteiger partial charge is 0.504 e. The molecule has 0 amide bonds. The van der Waals surface area contributed by atoms with Crippen LogP contribution >= 0.6 is 0 Å². The Kier molecular flexibility index (Phi) is 3.01. The molecule has 1 aromatic rings. The number of phenolic OH excluding ortho intramolecular Hbond substituents is 1. The molecule has 0 unspecified atom stereocenters. The summed E-state index contributed by atoms with van der Waals surface area (Å²) in [5.74, 6) is 0.506.